The molecule has 3 heteroatoms. The molecule has 2 nitrogen and oxygen atoms in total. The highest BCUT2D eigenvalue weighted by Gasteiger charge is 2.18. The Morgan fingerprint density at radius 2 is 1.82 bits per heavy atom. The van der Waals surface area contributed by atoms with Crippen LogP contribution in [0.3, 0.4) is 0 Å². The number of benzene rings is 1. The summed E-state index contributed by atoms with van der Waals surface area (Å²) >= 11 is 6.39. The molecule has 1 saturated heterocycles. The fourth-order valence-corrected chi connectivity index (χ4v) is 2.69. The first-order valence-corrected chi connectivity index (χ1v) is 6.62. The molecule has 2 rings (SSSR count). The zero-order valence-electron chi connectivity index (χ0n) is 10.9. The molecule has 0 aromatic heterocycles. The van der Waals surface area contributed by atoms with Crippen molar-refractivity contribution in [3.8, 4) is 0 Å². The highest BCUT2D eigenvalue weighted by molar-refractivity contribution is 6.31. The Morgan fingerprint density at radius 3 is 2.35 bits per heavy atom. The Kier molecular flexibility index (Phi) is 3.64. The lowest BCUT2D eigenvalue weighted by atomic mass is 9.87. The van der Waals surface area contributed by atoms with Crippen molar-refractivity contribution in [1.82, 2.24) is 5.32 Å². The second kappa shape index (κ2) is 4.87. The predicted molar refractivity (Wildman–Crippen MR) is 75.2 cm³/mol. The minimum absolute atomic E-state index is 0.110. The third-order valence-electron chi connectivity index (χ3n) is 3.24. The molecule has 0 atom stereocenters. The quantitative estimate of drug-likeness (QED) is 0.827. The van der Waals surface area contributed by atoms with E-state index in [0.29, 0.717) is 0 Å². The van der Waals surface area contributed by atoms with Crippen LogP contribution in [-0.4, -0.2) is 26.2 Å². The summed E-state index contributed by atoms with van der Waals surface area (Å²) < 4.78 is 0. The van der Waals surface area contributed by atoms with Gasteiger partial charge in [0.2, 0.25) is 0 Å². The topological polar surface area (TPSA) is 15.3 Å². The Morgan fingerprint density at radius 1 is 1.18 bits per heavy atom. The number of piperazine rings is 1. The van der Waals surface area contributed by atoms with Gasteiger partial charge in [0.25, 0.3) is 0 Å². The van der Waals surface area contributed by atoms with E-state index in [4.69, 9.17) is 11.6 Å². The van der Waals surface area contributed by atoms with E-state index >= 15 is 0 Å². The molecule has 1 N–H and O–H groups in total. The van der Waals surface area contributed by atoms with Gasteiger partial charge < -0.3 is 10.2 Å². The van der Waals surface area contributed by atoms with Gasteiger partial charge in [-0.3, -0.25) is 0 Å². The molecule has 0 unspecified atom stereocenters. The summed E-state index contributed by atoms with van der Waals surface area (Å²) in [4.78, 5) is 2.38. The number of anilines is 1. The normalized spacial score (nSPS) is 17.3. The minimum atomic E-state index is 0.110. The maximum Gasteiger partial charge on any atom is 0.0463 e. The molecule has 17 heavy (non-hydrogen) atoms. The van der Waals surface area contributed by atoms with Crippen LogP contribution in [0, 0.1) is 0 Å². The van der Waals surface area contributed by atoms with E-state index in [1.165, 1.54) is 11.3 Å². The van der Waals surface area contributed by atoms with Crippen LogP contribution in [0.1, 0.15) is 26.3 Å². The zero-order valence-corrected chi connectivity index (χ0v) is 11.6. The SMILES string of the molecule is CC(C)(C)c1ccc(N2CCNCC2)cc1Cl. The standard InChI is InChI=1S/C14H21ClN2/c1-14(2,3)12-5-4-11(10-13(12)15)17-8-6-16-7-9-17/h4-5,10,16H,6-9H2,1-3H3. The maximum absolute atomic E-state index is 6.39. The lowest BCUT2D eigenvalue weighted by molar-refractivity contribution is 0.584. The smallest absolute Gasteiger partial charge is 0.0463 e. The molecule has 0 aliphatic carbocycles. The summed E-state index contributed by atoms with van der Waals surface area (Å²) in [6.07, 6.45) is 0. The van der Waals surface area contributed by atoms with E-state index in [1.807, 2.05) is 0 Å². The second-order valence-electron chi connectivity index (χ2n) is 5.65. The first kappa shape index (κ1) is 12.7. The van der Waals surface area contributed by atoms with Crippen molar-refractivity contribution in [2.24, 2.45) is 0 Å². The van der Waals surface area contributed by atoms with Crippen LogP contribution in [-0.2, 0) is 5.41 Å². The molecule has 0 radical (unpaired) electrons. The van der Waals surface area contributed by atoms with Crippen LogP contribution < -0.4 is 10.2 Å². The lowest BCUT2D eigenvalue weighted by Crippen LogP contribution is -2.43. The summed E-state index contributed by atoms with van der Waals surface area (Å²) in [6, 6.07) is 6.46. The summed E-state index contributed by atoms with van der Waals surface area (Å²) in [5.74, 6) is 0. The van der Waals surface area contributed by atoms with E-state index in [2.05, 4.69) is 49.2 Å². The molecule has 94 valence electrons. The van der Waals surface area contributed by atoms with Gasteiger partial charge in [0.1, 0.15) is 0 Å². The van der Waals surface area contributed by atoms with Gasteiger partial charge in [0, 0.05) is 36.9 Å². The Hall–Kier alpha value is -0.730. The van der Waals surface area contributed by atoms with Crippen molar-refractivity contribution in [3.63, 3.8) is 0 Å². The van der Waals surface area contributed by atoms with Crippen molar-refractivity contribution in [2.75, 3.05) is 31.1 Å². The largest absolute Gasteiger partial charge is 0.369 e. The van der Waals surface area contributed by atoms with Gasteiger partial charge in [-0.15, -0.1) is 0 Å². The van der Waals surface area contributed by atoms with E-state index < -0.39 is 0 Å². The molecule has 0 saturated carbocycles. The van der Waals surface area contributed by atoms with Gasteiger partial charge in [-0.1, -0.05) is 38.4 Å². The molecular weight excluding hydrogens is 232 g/mol. The molecule has 1 aliphatic heterocycles. The molecule has 1 aliphatic rings. The monoisotopic (exact) mass is 252 g/mol. The number of hydrogen-bond acceptors (Lipinski definition) is 2. The van der Waals surface area contributed by atoms with Crippen molar-refractivity contribution in [1.29, 1.82) is 0 Å². The zero-order chi connectivity index (χ0) is 12.5. The Bertz CT molecular complexity index is 390. The van der Waals surface area contributed by atoms with Crippen molar-refractivity contribution in [2.45, 2.75) is 26.2 Å². The van der Waals surface area contributed by atoms with Crippen LogP contribution >= 0.6 is 11.6 Å². The van der Waals surface area contributed by atoms with Crippen molar-refractivity contribution in [3.05, 3.63) is 28.8 Å². The summed E-state index contributed by atoms with van der Waals surface area (Å²) in [7, 11) is 0. The molecule has 1 aromatic carbocycles. The molecule has 0 bridgehead atoms. The Labute approximate surface area is 109 Å². The average Bonchev–Trinajstić information content (AvgIpc) is 2.28. The molecule has 0 amide bonds. The van der Waals surface area contributed by atoms with Crippen molar-refractivity contribution >= 4 is 17.3 Å². The number of hydrogen-bond donors (Lipinski definition) is 1. The molecule has 1 heterocycles. The van der Waals surface area contributed by atoms with E-state index in [0.717, 1.165) is 31.2 Å². The number of rotatable bonds is 1. The number of nitrogens with one attached hydrogen (secondary N) is 1. The van der Waals surface area contributed by atoms with E-state index in [1.54, 1.807) is 0 Å². The second-order valence-corrected chi connectivity index (χ2v) is 6.06. The van der Waals surface area contributed by atoms with Crippen LogP contribution in [0.5, 0.6) is 0 Å². The minimum Gasteiger partial charge on any atom is -0.369 e. The fourth-order valence-electron chi connectivity index (χ4n) is 2.23. The van der Waals surface area contributed by atoms with Gasteiger partial charge in [0.15, 0.2) is 0 Å². The summed E-state index contributed by atoms with van der Waals surface area (Å²) in [5.41, 5.74) is 2.57. The first-order valence-electron chi connectivity index (χ1n) is 6.24. The van der Waals surface area contributed by atoms with Gasteiger partial charge in [-0.25, -0.2) is 0 Å². The Balaban J connectivity index is 2.24. The third-order valence-corrected chi connectivity index (χ3v) is 3.56. The third kappa shape index (κ3) is 2.93. The predicted octanol–water partition coefficient (Wildman–Crippen LogP) is 3.05. The molecule has 1 fully saturated rings. The van der Waals surface area contributed by atoms with Gasteiger partial charge in [-0.2, -0.15) is 0 Å². The highest BCUT2D eigenvalue weighted by atomic mass is 35.5. The van der Waals surface area contributed by atoms with Crippen LogP contribution in [0.15, 0.2) is 18.2 Å². The average molecular weight is 253 g/mol. The van der Waals surface area contributed by atoms with Crippen LogP contribution in [0.25, 0.3) is 0 Å². The van der Waals surface area contributed by atoms with Gasteiger partial charge in [-0.05, 0) is 23.1 Å². The molecule has 0 spiro atoms. The number of halogens is 1. The van der Waals surface area contributed by atoms with Crippen LogP contribution in [0.4, 0.5) is 5.69 Å². The lowest BCUT2D eigenvalue weighted by Gasteiger charge is -2.30. The first-order chi connectivity index (χ1) is 7.98. The van der Waals surface area contributed by atoms with Crippen molar-refractivity contribution < 1.29 is 0 Å². The number of nitrogens with zero attached hydrogens (tertiary/aromatic N) is 1. The van der Waals surface area contributed by atoms with E-state index in [9.17, 15) is 0 Å². The van der Waals surface area contributed by atoms with E-state index in [-0.39, 0.29) is 5.41 Å². The van der Waals surface area contributed by atoms with Gasteiger partial charge >= 0.3 is 0 Å². The molecule has 1 aromatic rings. The summed E-state index contributed by atoms with van der Waals surface area (Å²) in [6.45, 7) is 10.8. The molecular formula is C14H21ClN2. The highest BCUT2D eigenvalue weighted by Crippen LogP contribution is 2.32. The maximum atomic E-state index is 6.39. The van der Waals surface area contributed by atoms with Gasteiger partial charge in [0.05, 0.1) is 0 Å². The fraction of sp³-hybridized carbons (Fsp3) is 0.571. The van der Waals surface area contributed by atoms with Crippen LogP contribution in [0.2, 0.25) is 5.02 Å². The summed E-state index contributed by atoms with van der Waals surface area (Å²) in [5, 5.41) is 4.24.